The van der Waals surface area contributed by atoms with Crippen LogP contribution in [0.2, 0.25) is 0 Å². The smallest absolute Gasteiger partial charge is 0.155 e. The minimum atomic E-state index is 0.236. The molecular formula is C13H17NO4. The zero-order chi connectivity index (χ0) is 11.9. The number of epoxide rings is 3. The topological polar surface area (TPSA) is 50.1 Å². The summed E-state index contributed by atoms with van der Waals surface area (Å²) >= 11 is 0. The second-order valence-electron chi connectivity index (χ2n) is 5.04. The lowest BCUT2D eigenvalue weighted by atomic mass is 10.1. The summed E-state index contributed by atoms with van der Waals surface area (Å²) in [5.74, 6) is 1.06. The maximum Gasteiger partial charge on any atom is 0.155 e. The monoisotopic (exact) mass is 251 g/mol. The fourth-order valence-corrected chi connectivity index (χ4v) is 2.27. The standard InChI is InChI=1S/C13H17NO4/c1-3-10(15-5-11-6-16-11)4-2-9(1)14(12-7-17-12)13-8-18-13/h1,3,11-13H,2,4-8H2. The molecular weight excluding hydrogens is 234 g/mol. The van der Waals surface area contributed by atoms with E-state index in [9.17, 15) is 0 Å². The maximum absolute atomic E-state index is 5.70. The Morgan fingerprint density at radius 3 is 2.28 bits per heavy atom. The van der Waals surface area contributed by atoms with E-state index in [0.717, 1.165) is 38.4 Å². The van der Waals surface area contributed by atoms with Crippen molar-refractivity contribution < 1.29 is 18.9 Å². The van der Waals surface area contributed by atoms with E-state index < -0.39 is 0 Å². The number of allylic oxidation sites excluding steroid dienone is 4. The molecule has 4 rings (SSSR count). The van der Waals surface area contributed by atoms with Crippen molar-refractivity contribution in [2.24, 2.45) is 0 Å². The molecule has 0 amide bonds. The van der Waals surface area contributed by atoms with Crippen molar-refractivity contribution in [1.82, 2.24) is 4.90 Å². The second-order valence-corrected chi connectivity index (χ2v) is 5.04. The Labute approximate surface area is 106 Å². The molecule has 4 aliphatic rings. The molecule has 3 aliphatic heterocycles. The predicted molar refractivity (Wildman–Crippen MR) is 62.4 cm³/mol. The van der Waals surface area contributed by atoms with Gasteiger partial charge in [-0.15, -0.1) is 0 Å². The lowest BCUT2D eigenvalue weighted by Crippen LogP contribution is -2.30. The van der Waals surface area contributed by atoms with Crippen molar-refractivity contribution in [1.29, 1.82) is 0 Å². The summed E-state index contributed by atoms with van der Waals surface area (Å²) in [7, 11) is 0. The minimum absolute atomic E-state index is 0.236. The van der Waals surface area contributed by atoms with Gasteiger partial charge in [-0.1, -0.05) is 0 Å². The van der Waals surface area contributed by atoms with Crippen molar-refractivity contribution in [3.63, 3.8) is 0 Å². The largest absolute Gasteiger partial charge is 0.495 e. The molecule has 18 heavy (non-hydrogen) atoms. The van der Waals surface area contributed by atoms with E-state index in [1.54, 1.807) is 0 Å². The summed E-state index contributed by atoms with van der Waals surface area (Å²) in [5.41, 5.74) is 1.30. The van der Waals surface area contributed by atoms with Gasteiger partial charge in [0.2, 0.25) is 0 Å². The molecule has 0 saturated carbocycles. The van der Waals surface area contributed by atoms with Gasteiger partial charge in [0.15, 0.2) is 12.5 Å². The highest BCUT2D eigenvalue weighted by Gasteiger charge is 2.42. The summed E-state index contributed by atoms with van der Waals surface area (Å²) in [6.45, 7) is 3.18. The van der Waals surface area contributed by atoms with Gasteiger partial charge in [0.25, 0.3) is 0 Å². The summed E-state index contributed by atoms with van der Waals surface area (Å²) < 4.78 is 21.6. The van der Waals surface area contributed by atoms with Crippen LogP contribution in [0.4, 0.5) is 0 Å². The Kier molecular flexibility index (Phi) is 2.57. The number of hydrogen-bond acceptors (Lipinski definition) is 5. The summed E-state index contributed by atoms with van der Waals surface area (Å²) in [5, 5.41) is 0. The van der Waals surface area contributed by atoms with Crippen LogP contribution in [0.3, 0.4) is 0 Å². The van der Waals surface area contributed by atoms with Crippen molar-refractivity contribution in [3.05, 3.63) is 23.6 Å². The van der Waals surface area contributed by atoms with Crippen molar-refractivity contribution >= 4 is 0 Å². The lowest BCUT2D eigenvalue weighted by molar-refractivity contribution is 0.140. The van der Waals surface area contributed by atoms with Gasteiger partial charge < -0.3 is 23.8 Å². The first kappa shape index (κ1) is 10.8. The molecule has 0 N–H and O–H groups in total. The van der Waals surface area contributed by atoms with Gasteiger partial charge in [0.05, 0.1) is 25.6 Å². The Balaban J connectivity index is 1.39. The van der Waals surface area contributed by atoms with E-state index in [2.05, 4.69) is 17.1 Å². The van der Waals surface area contributed by atoms with Crippen LogP contribution in [-0.2, 0) is 18.9 Å². The molecule has 0 spiro atoms. The van der Waals surface area contributed by atoms with Gasteiger partial charge in [0, 0.05) is 12.1 Å². The molecule has 0 bridgehead atoms. The van der Waals surface area contributed by atoms with Gasteiger partial charge in [0.1, 0.15) is 12.7 Å². The Morgan fingerprint density at radius 1 is 1.06 bits per heavy atom. The molecule has 3 saturated heterocycles. The van der Waals surface area contributed by atoms with Crippen LogP contribution in [-0.4, -0.2) is 49.9 Å². The van der Waals surface area contributed by atoms with Crippen LogP contribution in [0.15, 0.2) is 23.6 Å². The highest BCUT2D eigenvalue weighted by Crippen LogP contribution is 2.34. The van der Waals surface area contributed by atoms with E-state index in [1.165, 1.54) is 5.70 Å². The molecule has 3 unspecified atom stereocenters. The summed E-state index contributed by atoms with van der Waals surface area (Å²) in [4.78, 5) is 2.26. The van der Waals surface area contributed by atoms with Gasteiger partial charge in [-0.05, 0) is 18.6 Å². The molecule has 5 nitrogen and oxygen atoms in total. The predicted octanol–water partition coefficient (Wildman–Crippen LogP) is 0.978. The summed E-state index contributed by atoms with van der Waals surface area (Å²) in [6, 6.07) is 0. The first-order chi connectivity index (χ1) is 8.90. The number of hydrogen-bond donors (Lipinski definition) is 0. The van der Waals surface area contributed by atoms with Crippen molar-refractivity contribution in [2.45, 2.75) is 31.4 Å². The van der Waals surface area contributed by atoms with Crippen LogP contribution in [0.25, 0.3) is 0 Å². The SMILES string of the molecule is C1=C(OCC2CO2)CCC(N(C2CO2)C2CO2)=C1. The van der Waals surface area contributed by atoms with Crippen LogP contribution in [0.1, 0.15) is 12.8 Å². The Morgan fingerprint density at radius 2 is 1.78 bits per heavy atom. The van der Waals surface area contributed by atoms with Crippen LogP contribution < -0.4 is 0 Å². The third kappa shape index (κ3) is 2.39. The highest BCUT2D eigenvalue weighted by atomic mass is 16.6. The molecule has 0 aromatic carbocycles. The number of ether oxygens (including phenoxy) is 4. The average molecular weight is 251 g/mol. The van der Waals surface area contributed by atoms with E-state index >= 15 is 0 Å². The normalized spacial score (nSPS) is 36.6. The quantitative estimate of drug-likeness (QED) is 0.659. The molecule has 3 heterocycles. The fourth-order valence-electron chi connectivity index (χ4n) is 2.27. The van der Waals surface area contributed by atoms with E-state index in [4.69, 9.17) is 18.9 Å². The van der Waals surface area contributed by atoms with Crippen LogP contribution in [0.5, 0.6) is 0 Å². The Bertz CT molecular complexity index is 382. The maximum atomic E-state index is 5.70. The minimum Gasteiger partial charge on any atom is -0.495 e. The Hall–Kier alpha value is -1.04. The average Bonchev–Trinajstić information content (AvgIpc) is 3.27. The number of nitrogens with zero attached hydrogens (tertiary/aromatic N) is 1. The molecule has 5 heteroatoms. The second kappa shape index (κ2) is 4.26. The fraction of sp³-hybridized carbons (Fsp3) is 0.692. The van der Waals surface area contributed by atoms with Crippen LogP contribution in [0, 0.1) is 0 Å². The van der Waals surface area contributed by atoms with Gasteiger partial charge in [-0.3, -0.25) is 0 Å². The number of rotatable bonds is 6. The molecule has 3 fully saturated rings. The molecule has 3 atom stereocenters. The van der Waals surface area contributed by atoms with Gasteiger partial charge >= 0.3 is 0 Å². The molecule has 1 aliphatic carbocycles. The van der Waals surface area contributed by atoms with Crippen LogP contribution >= 0.6 is 0 Å². The summed E-state index contributed by atoms with van der Waals surface area (Å²) in [6.07, 6.45) is 6.95. The highest BCUT2D eigenvalue weighted by molar-refractivity contribution is 5.22. The first-order valence-electron chi connectivity index (χ1n) is 6.56. The molecule has 98 valence electrons. The van der Waals surface area contributed by atoms with Gasteiger partial charge in [-0.25, -0.2) is 0 Å². The van der Waals surface area contributed by atoms with E-state index in [0.29, 0.717) is 12.7 Å². The molecule has 0 aromatic rings. The third-order valence-corrected chi connectivity index (χ3v) is 3.53. The van der Waals surface area contributed by atoms with Crippen molar-refractivity contribution in [3.8, 4) is 0 Å². The third-order valence-electron chi connectivity index (χ3n) is 3.53. The molecule has 0 radical (unpaired) electrons. The molecule has 0 aromatic heterocycles. The van der Waals surface area contributed by atoms with E-state index in [-0.39, 0.29) is 12.5 Å². The van der Waals surface area contributed by atoms with Gasteiger partial charge in [-0.2, -0.15) is 0 Å². The van der Waals surface area contributed by atoms with Crippen molar-refractivity contribution in [2.75, 3.05) is 26.4 Å². The first-order valence-corrected chi connectivity index (χ1v) is 6.56. The zero-order valence-electron chi connectivity index (χ0n) is 10.2. The lowest BCUT2D eigenvalue weighted by Gasteiger charge is -2.26. The zero-order valence-corrected chi connectivity index (χ0v) is 10.2. The van der Waals surface area contributed by atoms with E-state index in [1.807, 2.05) is 0 Å².